The predicted octanol–water partition coefficient (Wildman–Crippen LogP) is 0.530. The van der Waals surface area contributed by atoms with E-state index in [0.717, 1.165) is 70.9 Å². The van der Waals surface area contributed by atoms with Crippen molar-refractivity contribution in [1.29, 1.82) is 0 Å². The van der Waals surface area contributed by atoms with Crippen molar-refractivity contribution in [2.24, 2.45) is 5.92 Å². The Hall–Kier alpha value is -1.14. The van der Waals surface area contributed by atoms with Gasteiger partial charge in [0, 0.05) is 45.3 Å². The number of hydrogen-bond acceptors (Lipinski definition) is 4. The molecule has 0 bridgehead atoms. The summed E-state index contributed by atoms with van der Waals surface area (Å²) in [6.45, 7) is 10.1. The van der Waals surface area contributed by atoms with Gasteiger partial charge in [0.15, 0.2) is 0 Å². The van der Waals surface area contributed by atoms with Crippen molar-refractivity contribution in [2.75, 3.05) is 45.8 Å². The summed E-state index contributed by atoms with van der Waals surface area (Å²) in [5.74, 6) is 1.18. The third-order valence-electron chi connectivity index (χ3n) is 5.75. The van der Waals surface area contributed by atoms with E-state index >= 15 is 0 Å². The molecule has 0 aromatic carbocycles. The van der Waals surface area contributed by atoms with Gasteiger partial charge in [-0.25, -0.2) is 0 Å². The molecule has 2 aliphatic heterocycles. The minimum Gasteiger partial charge on any atom is -0.352 e. The zero-order valence-corrected chi connectivity index (χ0v) is 15.2. The molecule has 3 aliphatic rings. The number of carbonyl (C=O) groups is 2. The normalized spacial score (nSPS) is 25.5. The van der Waals surface area contributed by atoms with Gasteiger partial charge in [0.1, 0.15) is 0 Å². The predicted molar refractivity (Wildman–Crippen MR) is 93.6 cm³/mol. The molecule has 0 aromatic heterocycles. The molecule has 0 radical (unpaired) electrons. The first-order valence-corrected chi connectivity index (χ1v) is 9.57. The van der Waals surface area contributed by atoms with Crippen LogP contribution in [0.5, 0.6) is 0 Å². The summed E-state index contributed by atoms with van der Waals surface area (Å²) in [6.07, 6.45) is 4.52. The van der Waals surface area contributed by atoms with Crippen molar-refractivity contribution in [3.8, 4) is 0 Å². The number of rotatable bonds is 5. The molecule has 0 aromatic rings. The Kier molecular flexibility index (Phi) is 5.76. The number of nitrogens with one attached hydrogen (secondary N) is 1. The number of likely N-dealkylation sites (tertiary alicyclic amines) is 1. The van der Waals surface area contributed by atoms with Crippen LogP contribution in [0, 0.1) is 5.92 Å². The van der Waals surface area contributed by atoms with Gasteiger partial charge in [-0.3, -0.25) is 19.4 Å². The third-order valence-corrected chi connectivity index (χ3v) is 5.75. The lowest BCUT2D eigenvalue weighted by Gasteiger charge is -2.38. The Bertz CT molecular complexity index is 450. The van der Waals surface area contributed by atoms with Crippen LogP contribution in [-0.2, 0) is 9.59 Å². The Morgan fingerprint density at radius 2 is 1.62 bits per heavy atom. The molecule has 1 aliphatic carbocycles. The lowest BCUT2D eigenvalue weighted by Crippen LogP contribution is -2.55. The van der Waals surface area contributed by atoms with Crippen LogP contribution in [0.2, 0.25) is 0 Å². The fourth-order valence-electron chi connectivity index (χ4n) is 3.57. The van der Waals surface area contributed by atoms with Crippen molar-refractivity contribution in [3.63, 3.8) is 0 Å². The maximum Gasteiger partial charge on any atom is 0.237 e. The van der Waals surface area contributed by atoms with Gasteiger partial charge >= 0.3 is 0 Å². The molecule has 6 heteroatoms. The molecule has 24 heavy (non-hydrogen) atoms. The molecule has 0 spiro atoms. The highest BCUT2D eigenvalue weighted by Crippen LogP contribution is 2.19. The zero-order valence-electron chi connectivity index (χ0n) is 15.2. The molecular formula is C18H32N4O2. The van der Waals surface area contributed by atoms with Crippen LogP contribution >= 0.6 is 0 Å². The van der Waals surface area contributed by atoms with Crippen molar-refractivity contribution >= 4 is 11.8 Å². The Labute approximate surface area is 145 Å². The second kappa shape index (κ2) is 7.83. The summed E-state index contributed by atoms with van der Waals surface area (Å²) in [6, 6.07) is 0.359. The maximum atomic E-state index is 12.4. The minimum absolute atomic E-state index is 0.0629. The molecule has 2 saturated heterocycles. The molecule has 3 fully saturated rings. The van der Waals surface area contributed by atoms with E-state index < -0.39 is 0 Å². The summed E-state index contributed by atoms with van der Waals surface area (Å²) < 4.78 is 0. The molecule has 2 heterocycles. The van der Waals surface area contributed by atoms with Crippen molar-refractivity contribution in [2.45, 2.75) is 51.6 Å². The number of amides is 2. The van der Waals surface area contributed by atoms with Crippen molar-refractivity contribution in [3.05, 3.63) is 0 Å². The average molecular weight is 336 g/mol. The molecular weight excluding hydrogens is 304 g/mol. The summed E-state index contributed by atoms with van der Waals surface area (Å²) in [7, 11) is 0. The van der Waals surface area contributed by atoms with Crippen LogP contribution in [0.3, 0.4) is 0 Å². The second-order valence-corrected chi connectivity index (χ2v) is 7.83. The van der Waals surface area contributed by atoms with Gasteiger partial charge in [-0.2, -0.15) is 0 Å². The fourth-order valence-corrected chi connectivity index (χ4v) is 3.57. The highest BCUT2D eigenvalue weighted by atomic mass is 16.2. The van der Waals surface area contributed by atoms with Crippen LogP contribution in [0.1, 0.15) is 39.5 Å². The third kappa shape index (κ3) is 4.70. The topological polar surface area (TPSA) is 55.9 Å². The van der Waals surface area contributed by atoms with E-state index in [1.54, 1.807) is 0 Å². The van der Waals surface area contributed by atoms with Gasteiger partial charge in [0.05, 0.1) is 12.6 Å². The monoisotopic (exact) mass is 336 g/mol. The van der Waals surface area contributed by atoms with Crippen molar-refractivity contribution < 1.29 is 9.59 Å². The summed E-state index contributed by atoms with van der Waals surface area (Å²) in [5.41, 5.74) is 0. The summed E-state index contributed by atoms with van der Waals surface area (Å²) in [4.78, 5) is 31.1. The summed E-state index contributed by atoms with van der Waals surface area (Å²) in [5, 5.41) is 3.09. The van der Waals surface area contributed by atoms with E-state index in [2.05, 4.69) is 22.0 Å². The maximum absolute atomic E-state index is 12.4. The van der Waals surface area contributed by atoms with E-state index in [1.165, 1.54) is 0 Å². The molecule has 136 valence electrons. The molecule has 1 atom stereocenters. The van der Waals surface area contributed by atoms with Crippen molar-refractivity contribution in [1.82, 2.24) is 20.0 Å². The van der Waals surface area contributed by atoms with Crippen LogP contribution < -0.4 is 5.32 Å². The SMILES string of the molecule is CC1CCN(C(=O)CN2CCN(C(C)C(=O)NC3CC3)CC2)CC1. The van der Waals surface area contributed by atoms with Crippen LogP contribution in [0.4, 0.5) is 0 Å². The van der Waals surface area contributed by atoms with E-state index in [1.807, 2.05) is 11.8 Å². The van der Waals surface area contributed by atoms with Gasteiger partial charge in [0.25, 0.3) is 0 Å². The highest BCUT2D eigenvalue weighted by molar-refractivity contribution is 5.82. The van der Waals surface area contributed by atoms with Crippen LogP contribution in [-0.4, -0.2) is 84.4 Å². The zero-order chi connectivity index (χ0) is 17.1. The standard InChI is InChI=1S/C18H32N4O2/c1-14-5-7-22(8-6-14)17(23)13-20-9-11-21(12-10-20)15(2)18(24)19-16-3-4-16/h14-16H,3-13H2,1-2H3,(H,19,24). The smallest absolute Gasteiger partial charge is 0.237 e. The molecule has 1 N–H and O–H groups in total. The van der Waals surface area contributed by atoms with E-state index in [-0.39, 0.29) is 17.9 Å². The minimum atomic E-state index is -0.0629. The first-order chi connectivity index (χ1) is 11.5. The molecule has 6 nitrogen and oxygen atoms in total. The van der Waals surface area contributed by atoms with E-state index in [4.69, 9.17) is 0 Å². The first kappa shape index (κ1) is 17.7. The molecule has 2 amide bonds. The molecule has 1 saturated carbocycles. The number of nitrogens with zero attached hydrogens (tertiary/aromatic N) is 3. The average Bonchev–Trinajstić information content (AvgIpc) is 3.39. The van der Waals surface area contributed by atoms with Crippen LogP contribution in [0.25, 0.3) is 0 Å². The Balaban J connectivity index is 1.38. The van der Waals surface area contributed by atoms with E-state index in [9.17, 15) is 9.59 Å². The lowest BCUT2D eigenvalue weighted by atomic mass is 9.99. The number of piperazine rings is 1. The van der Waals surface area contributed by atoms with Crippen LogP contribution in [0.15, 0.2) is 0 Å². The van der Waals surface area contributed by atoms with Gasteiger partial charge in [0.2, 0.25) is 11.8 Å². The Morgan fingerprint density at radius 1 is 1.00 bits per heavy atom. The second-order valence-electron chi connectivity index (χ2n) is 7.83. The van der Waals surface area contributed by atoms with Gasteiger partial charge in [-0.05, 0) is 38.5 Å². The summed E-state index contributed by atoms with van der Waals surface area (Å²) >= 11 is 0. The van der Waals surface area contributed by atoms with Gasteiger partial charge < -0.3 is 10.2 Å². The van der Waals surface area contributed by atoms with Gasteiger partial charge in [-0.15, -0.1) is 0 Å². The number of hydrogen-bond donors (Lipinski definition) is 1. The highest BCUT2D eigenvalue weighted by Gasteiger charge is 2.30. The Morgan fingerprint density at radius 3 is 2.21 bits per heavy atom. The molecule has 1 unspecified atom stereocenters. The fraction of sp³-hybridized carbons (Fsp3) is 0.889. The lowest BCUT2D eigenvalue weighted by molar-refractivity contribution is -0.135. The number of piperidine rings is 1. The number of carbonyl (C=O) groups excluding carboxylic acids is 2. The van der Waals surface area contributed by atoms with Gasteiger partial charge in [-0.1, -0.05) is 6.92 Å². The first-order valence-electron chi connectivity index (χ1n) is 9.57. The quantitative estimate of drug-likeness (QED) is 0.796. The van der Waals surface area contributed by atoms with E-state index in [0.29, 0.717) is 12.6 Å². The largest absolute Gasteiger partial charge is 0.352 e. The molecule has 3 rings (SSSR count).